The summed E-state index contributed by atoms with van der Waals surface area (Å²) >= 11 is 5.86. The van der Waals surface area contributed by atoms with Crippen LogP contribution in [0.25, 0.3) is 0 Å². The van der Waals surface area contributed by atoms with E-state index in [0.29, 0.717) is 24.5 Å². The van der Waals surface area contributed by atoms with Crippen LogP contribution in [-0.4, -0.2) is 37.6 Å². The van der Waals surface area contributed by atoms with Gasteiger partial charge in [0, 0.05) is 30.4 Å². The van der Waals surface area contributed by atoms with Gasteiger partial charge in [0.05, 0.1) is 6.10 Å². The lowest BCUT2D eigenvalue weighted by molar-refractivity contribution is -0.132. The smallest absolute Gasteiger partial charge is 0.239 e. The number of benzene rings is 1. The van der Waals surface area contributed by atoms with Crippen molar-refractivity contribution < 1.29 is 14.3 Å². The summed E-state index contributed by atoms with van der Waals surface area (Å²) in [5, 5.41) is 3.47. The van der Waals surface area contributed by atoms with Crippen molar-refractivity contribution in [3.05, 3.63) is 29.3 Å². The second-order valence-electron chi connectivity index (χ2n) is 5.69. The zero-order chi connectivity index (χ0) is 15.5. The molecule has 2 aliphatic rings. The molecule has 0 saturated carbocycles. The second kappa shape index (κ2) is 6.67. The maximum absolute atomic E-state index is 12.4. The van der Waals surface area contributed by atoms with Gasteiger partial charge in [-0.15, -0.1) is 0 Å². The van der Waals surface area contributed by atoms with Crippen LogP contribution in [0.4, 0.5) is 5.69 Å². The Labute approximate surface area is 134 Å². The molecule has 1 N–H and O–H groups in total. The molecule has 0 spiro atoms. The van der Waals surface area contributed by atoms with Gasteiger partial charge in [0.1, 0.15) is 5.92 Å². The standard InChI is InChI=1S/C16H19ClN2O3/c17-11-3-5-12(6-4-11)19-8-7-14(16(19)21)15(20)18-10-13-2-1-9-22-13/h3-6,13-14H,1-2,7-10H2,(H,18,20)/t13-,14-/m1/s1. The Kier molecular flexibility index (Phi) is 4.64. The minimum Gasteiger partial charge on any atom is -0.376 e. The highest BCUT2D eigenvalue weighted by Crippen LogP contribution is 2.26. The van der Waals surface area contributed by atoms with Crippen LogP contribution in [0.2, 0.25) is 5.02 Å². The molecule has 0 aromatic heterocycles. The highest BCUT2D eigenvalue weighted by atomic mass is 35.5. The third-order valence-corrected chi connectivity index (χ3v) is 4.44. The van der Waals surface area contributed by atoms with Gasteiger partial charge in [-0.3, -0.25) is 9.59 Å². The van der Waals surface area contributed by atoms with Gasteiger partial charge in [-0.05, 0) is 43.5 Å². The zero-order valence-corrected chi connectivity index (χ0v) is 13.0. The molecule has 0 bridgehead atoms. The molecule has 118 valence electrons. The maximum Gasteiger partial charge on any atom is 0.239 e. The number of halogens is 1. The van der Waals surface area contributed by atoms with Crippen molar-refractivity contribution in [1.29, 1.82) is 0 Å². The Hall–Kier alpha value is -1.59. The number of carbonyl (C=O) groups excluding carboxylic acids is 2. The fraction of sp³-hybridized carbons (Fsp3) is 0.500. The third-order valence-electron chi connectivity index (χ3n) is 4.19. The average molecular weight is 323 g/mol. The molecule has 22 heavy (non-hydrogen) atoms. The minimum atomic E-state index is -0.600. The van der Waals surface area contributed by atoms with E-state index in [1.165, 1.54) is 0 Å². The Morgan fingerprint density at radius 3 is 2.77 bits per heavy atom. The summed E-state index contributed by atoms with van der Waals surface area (Å²) in [7, 11) is 0. The predicted molar refractivity (Wildman–Crippen MR) is 83.9 cm³/mol. The number of hydrogen-bond acceptors (Lipinski definition) is 3. The molecule has 2 heterocycles. The number of anilines is 1. The number of nitrogens with zero attached hydrogens (tertiary/aromatic N) is 1. The summed E-state index contributed by atoms with van der Waals surface area (Å²) < 4.78 is 5.47. The summed E-state index contributed by atoms with van der Waals surface area (Å²) in [5.41, 5.74) is 0.781. The monoisotopic (exact) mass is 322 g/mol. The molecule has 0 unspecified atom stereocenters. The number of nitrogens with one attached hydrogen (secondary N) is 1. The van der Waals surface area contributed by atoms with E-state index in [1.807, 2.05) is 0 Å². The number of amides is 2. The average Bonchev–Trinajstić information content (AvgIpc) is 3.15. The van der Waals surface area contributed by atoms with E-state index in [2.05, 4.69) is 5.32 Å². The zero-order valence-electron chi connectivity index (χ0n) is 12.3. The van der Waals surface area contributed by atoms with Crippen molar-refractivity contribution in [3.63, 3.8) is 0 Å². The quantitative estimate of drug-likeness (QED) is 0.862. The summed E-state index contributed by atoms with van der Waals surface area (Å²) in [6.45, 7) is 1.80. The van der Waals surface area contributed by atoms with Gasteiger partial charge in [-0.2, -0.15) is 0 Å². The first-order valence-corrected chi connectivity index (χ1v) is 7.99. The van der Waals surface area contributed by atoms with E-state index < -0.39 is 5.92 Å². The predicted octanol–water partition coefficient (Wildman–Crippen LogP) is 1.99. The van der Waals surface area contributed by atoms with Crippen molar-refractivity contribution >= 4 is 29.1 Å². The van der Waals surface area contributed by atoms with Gasteiger partial charge in [0.2, 0.25) is 11.8 Å². The summed E-state index contributed by atoms with van der Waals surface area (Å²) in [6, 6.07) is 7.09. The van der Waals surface area contributed by atoms with Gasteiger partial charge in [-0.1, -0.05) is 11.6 Å². The summed E-state index contributed by atoms with van der Waals surface area (Å²) in [6.07, 6.45) is 2.63. The Bertz CT molecular complexity index is 555. The van der Waals surface area contributed by atoms with Crippen LogP contribution in [0.5, 0.6) is 0 Å². The van der Waals surface area contributed by atoms with E-state index in [4.69, 9.17) is 16.3 Å². The fourth-order valence-corrected chi connectivity index (χ4v) is 3.07. The number of ether oxygens (including phenoxy) is 1. The van der Waals surface area contributed by atoms with Crippen LogP contribution >= 0.6 is 11.6 Å². The van der Waals surface area contributed by atoms with Gasteiger partial charge in [-0.25, -0.2) is 0 Å². The molecule has 2 atom stereocenters. The van der Waals surface area contributed by atoms with Crippen molar-refractivity contribution in [2.75, 3.05) is 24.6 Å². The molecule has 2 amide bonds. The molecular formula is C16H19ClN2O3. The van der Waals surface area contributed by atoms with Crippen LogP contribution in [0, 0.1) is 5.92 Å². The highest BCUT2D eigenvalue weighted by molar-refractivity contribution is 6.30. The third kappa shape index (κ3) is 3.25. The van der Waals surface area contributed by atoms with Crippen LogP contribution < -0.4 is 10.2 Å². The summed E-state index contributed by atoms with van der Waals surface area (Å²) in [4.78, 5) is 26.3. The summed E-state index contributed by atoms with van der Waals surface area (Å²) in [5.74, 6) is -0.943. The number of hydrogen-bond donors (Lipinski definition) is 1. The molecule has 2 fully saturated rings. The molecule has 6 heteroatoms. The van der Waals surface area contributed by atoms with Crippen LogP contribution in [0.3, 0.4) is 0 Å². The number of carbonyl (C=O) groups is 2. The van der Waals surface area contributed by atoms with Crippen molar-refractivity contribution in [2.24, 2.45) is 5.92 Å². The first kappa shape index (κ1) is 15.3. The van der Waals surface area contributed by atoms with Crippen molar-refractivity contribution in [2.45, 2.75) is 25.4 Å². The maximum atomic E-state index is 12.4. The highest BCUT2D eigenvalue weighted by Gasteiger charge is 2.37. The lowest BCUT2D eigenvalue weighted by atomic mass is 10.1. The Morgan fingerprint density at radius 1 is 1.32 bits per heavy atom. The second-order valence-corrected chi connectivity index (χ2v) is 6.12. The molecule has 0 radical (unpaired) electrons. The lowest BCUT2D eigenvalue weighted by Crippen LogP contribution is -2.39. The largest absolute Gasteiger partial charge is 0.376 e. The van der Waals surface area contributed by atoms with Crippen LogP contribution in [0.1, 0.15) is 19.3 Å². The number of rotatable bonds is 4. The first-order chi connectivity index (χ1) is 10.6. The normalized spacial score (nSPS) is 24.8. The first-order valence-electron chi connectivity index (χ1n) is 7.61. The molecule has 2 saturated heterocycles. The molecule has 1 aromatic carbocycles. The van der Waals surface area contributed by atoms with E-state index >= 15 is 0 Å². The van der Waals surface area contributed by atoms with Crippen LogP contribution in [0.15, 0.2) is 24.3 Å². The topological polar surface area (TPSA) is 58.6 Å². The Balaban J connectivity index is 1.58. The molecule has 1 aromatic rings. The van der Waals surface area contributed by atoms with Gasteiger partial charge >= 0.3 is 0 Å². The van der Waals surface area contributed by atoms with Gasteiger partial charge in [0.25, 0.3) is 0 Å². The van der Waals surface area contributed by atoms with Gasteiger partial charge < -0.3 is 15.0 Å². The van der Waals surface area contributed by atoms with Gasteiger partial charge in [0.15, 0.2) is 0 Å². The minimum absolute atomic E-state index is 0.0906. The van der Waals surface area contributed by atoms with E-state index in [1.54, 1.807) is 29.2 Å². The lowest BCUT2D eigenvalue weighted by Gasteiger charge is -2.17. The molecule has 2 aliphatic heterocycles. The van der Waals surface area contributed by atoms with Crippen LogP contribution in [-0.2, 0) is 14.3 Å². The van der Waals surface area contributed by atoms with E-state index in [-0.39, 0.29) is 17.9 Å². The molecule has 5 nitrogen and oxygen atoms in total. The molecule has 3 rings (SSSR count). The van der Waals surface area contributed by atoms with E-state index in [9.17, 15) is 9.59 Å². The van der Waals surface area contributed by atoms with Crippen molar-refractivity contribution in [3.8, 4) is 0 Å². The SMILES string of the molecule is O=C(NC[C@H]1CCCO1)[C@H]1CCN(c2ccc(Cl)cc2)C1=O. The molecular weight excluding hydrogens is 304 g/mol. The molecule has 0 aliphatic carbocycles. The van der Waals surface area contributed by atoms with E-state index in [0.717, 1.165) is 25.1 Å². The fourth-order valence-electron chi connectivity index (χ4n) is 2.94. The van der Waals surface area contributed by atoms with Crippen molar-refractivity contribution in [1.82, 2.24) is 5.32 Å². The Morgan fingerprint density at radius 2 is 2.09 bits per heavy atom.